The van der Waals surface area contributed by atoms with Crippen molar-refractivity contribution in [3.8, 4) is 0 Å². The van der Waals surface area contributed by atoms with E-state index in [1.54, 1.807) is 35.7 Å². The van der Waals surface area contributed by atoms with Gasteiger partial charge in [0.2, 0.25) is 6.10 Å². The van der Waals surface area contributed by atoms with E-state index < -0.39 is 18.0 Å². The van der Waals surface area contributed by atoms with Crippen LogP contribution in [0.1, 0.15) is 47.7 Å². The van der Waals surface area contributed by atoms with E-state index in [1.165, 1.54) is 0 Å². The first-order valence-corrected chi connectivity index (χ1v) is 11.4. The maximum atomic E-state index is 13.2. The Morgan fingerprint density at radius 2 is 1.88 bits per heavy atom. The molecule has 164 valence electrons. The number of hydrogen-bond donors (Lipinski definition) is 1. The topological polar surface area (TPSA) is 73.2 Å². The molecule has 3 aromatic heterocycles. The number of esters is 1. The Labute approximate surface area is 190 Å². The van der Waals surface area contributed by atoms with Crippen LogP contribution >= 0.6 is 11.3 Å². The van der Waals surface area contributed by atoms with Gasteiger partial charge in [0.25, 0.3) is 5.91 Å². The number of fused-ring (bicyclic) bond motifs is 1. The Balaban J connectivity index is 1.53. The van der Waals surface area contributed by atoms with Gasteiger partial charge in [-0.15, -0.1) is 11.3 Å². The van der Waals surface area contributed by atoms with Crippen molar-refractivity contribution < 1.29 is 14.3 Å². The van der Waals surface area contributed by atoms with Gasteiger partial charge in [0.05, 0.1) is 15.9 Å². The van der Waals surface area contributed by atoms with E-state index in [2.05, 4.69) is 10.3 Å². The Hall–Kier alpha value is -3.45. The molecular formula is C25H25N3O3S. The zero-order chi connectivity index (χ0) is 22.5. The van der Waals surface area contributed by atoms with Crippen LogP contribution in [0.25, 0.3) is 10.2 Å². The van der Waals surface area contributed by atoms with Crippen molar-refractivity contribution in [1.29, 1.82) is 0 Å². The van der Waals surface area contributed by atoms with Crippen LogP contribution in [0, 0.1) is 0 Å². The second-order valence-electron chi connectivity index (χ2n) is 7.73. The summed E-state index contributed by atoms with van der Waals surface area (Å²) in [6, 6.07) is 19.0. The minimum atomic E-state index is -1.13. The molecule has 4 aromatic rings. The minimum absolute atomic E-state index is 0.0673. The van der Waals surface area contributed by atoms with Crippen LogP contribution in [0.3, 0.4) is 0 Å². The average molecular weight is 448 g/mol. The number of nitrogens with zero attached hydrogens (tertiary/aromatic N) is 2. The van der Waals surface area contributed by atoms with Gasteiger partial charge in [0.15, 0.2) is 0 Å². The lowest BCUT2D eigenvalue weighted by Crippen LogP contribution is -2.34. The molecule has 0 radical (unpaired) electrons. The minimum Gasteiger partial charge on any atom is -0.441 e. The summed E-state index contributed by atoms with van der Waals surface area (Å²) in [4.78, 5) is 30.4. The van der Waals surface area contributed by atoms with Gasteiger partial charge in [0.1, 0.15) is 5.69 Å². The fraction of sp³-hybridized carbons (Fsp3) is 0.240. The van der Waals surface area contributed by atoms with E-state index in [0.29, 0.717) is 24.4 Å². The van der Waals surface area contributed by atoms with Crippen molar-refractivity contribution >= 4 is 33.4 Å². The zero-order valence-corrected chi connectivity index (χ0v) is 18.8. The molecule has 0 bridgehead atoms. The van der Waals surface area contributed by atoms with E-state index in [-0.39, 0.29) is 6.04 Å². The van der Waals surface area contributed by atoms with Crippen molar-refractivity contribution in [2.75, 3.05) is 6.54 Å². The van der Waals surface area contributed by atoms with Crippen LogP contribution in [0.15, 0.2) is 72.2 Å². The Morgan fingerprint density at radius 1 is 1.09 bits per heavy atom. The number of amides is 1. The lowest BCUT2D eigenvalue weighted by Gasteiger charge is -2.19. The maximum absolute atomic E-state index is 13.2. The van der Waals surface area contributed by atoms with Crippen molar-refractivity contribution in [3.05, 3.63) is 89.2 Å². The van der Waals surface area contributed by atoms with Crippen LogP contribution in [0.2, 0.25) is 0 Å². The molecule has 1 N–H and O–H groups in total. The predicted molar refractivity (Wildman–Crippen MR) is 126 cm³/mol. The standard InChI is InChI=1S/C25H25N3O3S/c1-17(2)28-20-12-15-32-22(20)16-21(28)25(30)31-23(19-10-6-7-13-26-19)24(29)27-14-11-18-8-4-3-5-9-18/h3-10,12-13,15-17,23H,11,14H2,1-2H3,(H,27,29)/t23-/m1/s1. The van der Waals surface area contributed by atoms with Gasteiger partial charge in [-0.2, -0.15) is 0 Å². The summed E-state index contributed by atoms with van der Waals surface area (Å²) in [7, 11) is 0. The fourth-order valence-corrected chi connectivity index (χ4v) is 4.48. The maximum Gasteiger partial charge on any atom is 0.356 e. The number of nitrogens with one attached hydrogen (secondary N) is 1. The highest BCUT2D eigenvalue weighted by molar-refractivity contribution is 7.17. The van der Waals surface area contributed by atoms with Crippen LogP contribution in [-0.2, 0) is 16.0 Å². The number of ether oxygens (including phenoxy) is 1. The highest BCUT2D eigenvalue weighted by atomic mass is 32.1. The largest absolute Gasteiger partial charge is 0.441 e. The lowest BCUT2D eigenvalue weighted by atomic mass is 10.1. The first-order chi connectivity index (χ1) is 15.5. The summed E-state index contributed by atoms with van der Waals surface area (Å²) >= 11 is 1.57. The summed E-state index contributed by atoms with van der Waals surface area (Å²) < 4.78 is 8.70. The van der Waals surface area contributed by atoms with Crippen LogP contribution in [-0.4, -0.2) is 28.0 Å². The molecule has 7 heteroatoms. The molecule has 0 aliphatic heterocycles. The van der Waals surface area contributed by atoms with Gasteiger partial charge in [-0.1, -0.05) is 36.4 Å². The number of pyridine rings is 1. The Bertz CT molecular complexity index is 1200. The third kappa shape index (κ3) is 4.73. The van der Waals surface area contributed by atoms with E-state index in [0.717, 1.165) is 15.8 Å². The number of benzene rings is 1. The van der Waals surface area contributed by atoms with Gasteiger partial charge in [-0.3, -0.25) is 9.78 Å². The molecule has 0 unspecified atom stereocenters. The van der Waals surface area contributed by atoms with Gasteiger partial charge in [0, 0.05) is 18.8 Å². The Morgan fingerprint density at radius 3 is 2.59 bits per heavy atom. The lowest BCUT2D eigenvalue weighted by molar-refractivity contribution is -0.130. The summed E-state index contributed by atoms with van der Waals surface area (Å²) in [5, 5.41) is 4.88. The van der Waals surface area contributed by atoms with E-state index in [9.17, 15) is 9.59 Å². The molecule has 4 rings (SSSR count). The van der Waals surface area contributed by atoms with Gasteiger partial charge >= 0.3 is 5.97 Å². The number of rotatable bonds is 8. The number of carbonyl (C=O) groups excluding carboxylic acids is 2. The molecule has 0 saturated carbocycles. The van der Waals surface area contributed by atoms with E-state index in [1.807, 2.05) is 66.3 Å². The fourth-order valence-electron chi connectivity index (χ4n) is 3.67. The smallest absolute Gasteiger partial charge is 0.356 e. The Kier molecular flexibility index (Phi) is 6.66. The van der Waals surface area contributed by atoms with Crippen LogP contribution in [0.4, 0.5) is 0 Å². The number of aromatic nitrogens is 2. The molecule has 1 amide bonds. The van der Waals surface area contributed by atoms with Gasteiger partial charge in [-0.25, -0.2) is 4.79 Å². The van der Waals surface area contributed by atoms with Crippen molar-refractivity contribution in [2.24, 2.45) is 0 Å². The third-order valence-electron chi connectivity index (χ3n) is 5.16. The summed E-state index contributed by atoms with van der Waals surface area (Å²) in [6.45, 7) is 4.46. The molecule has 0 fully saturated rings. The van der Waals surface area contributed by atoms with Crippen molar-refractivity contribution in [2.45, 2.75) is 32.4 Å². The average Bonchev–Trinajstić information content (AvgIpc) is 3.40. The molecule has 1 atom stereocenters. The van der Waals surface area contributed by atoms with E-state index >= 15 is 0 Å². The highest BCUT2D eigenvalue weighted by Gasteiger charge is 2.29. The SMILES string of the molecule is CC(C)n1c(C(=O)O[C@@H](C(=O)NCCc2ccccc2)c2ccccn2)cc2sccc21. The molecular weight excluding hydrogens is 422 g/mol. The van der Waals surface area contributed by atoms with Gasteiger partial charge in [-0.05, 0) is 55.5 Å². The molecule has 0 saturated heterocycles. The second-order valence-corrected chi connectivity index (χ2v) is 8.68. The number of hydrogen-bond acceptors (Lipinski definition) is 5. The summed E-state index contributed by atoms with van der Waals surface area (Å²) in [5.74, 6) is -0.937. The quantitative estimate of drug-likeness (QED) is 0.389. The number of thiophene rings is 1. The van der Waals surface area contributed by atoms with Crippen LogP contribution < -0.4 is 5.32 Å². The molecule has 6 nitrogen and oxygen atoms in total. The predicted octanol–water partition coefficient (Wildman–Crippen LogP) is 4.94. The monoisotopic (exact) mass is 447 g/mol. The normalized spacial score (nSPS) is 12.1. The first-order valence-electron chi connectivity index (χ1n) is 10.6. The summed E-state index contributed by atoms with van der Waals surface area (Å²) in [5.41, 5.74) is 2.93. The first kappa shape index (κ1) is 21.8. The van der Waals surface area contributed by atoms with Gasteiger partial charge < -0.3 is 14.6 Å². The van der Waals surface area contributed by atoms with Crippen molar-refractivity contribution in [3.63, 3.8) is 0 Å². The molecule has 0 aliphatic carbocycles. The number of carbonyl (C=O) groups is 2. The molecule has 1 aromatic carbocycles. The molecule has 0 aliphatic rings. The molecule has 32 heavy (non-hydrogen) atoms. The van der Waals surface area contributed by atoms with Crippen molar-refractivity contribution in [1.82, 2.24) is 14.9 Å². The molecule has 0 spiro atoms. The second kappa shape index (κ2) is 9.78. The summed E-state index contributed by atoms with van der Waals surface area (Å²) in [6.07, 6.45) is 1.13. The van der Waals surface area contributed by atoms with Crippen LogP contribution in [0.5, 0.6) is 0 Å². The highest BCUT2D eigenvalue weighted by Crippen LogP contribution is 2.30. The van der Waals surface area contributed by atoms with E-state index in [4.69, 9.17) is 4.74 Å². The zero-order valence-electron chi connectivity index (χ0n) is 18.0. The third-order valence-corrected chi connectivity index (χ3v) is 6.01. The molecule has 3 heterocycles.